The van der Waals surface area contributed by atoms with Crippen molar-refractivity contribution in [1.29, 1.82) is 0 Å². The fraction of sp³-hybridized carbons (Fsp3) is 0.565. The fourth-order valence-corrected chi connectivity index (χ4v) is 3.20. The summed E-state index contributed by atoms with van der Waals surface area (Å²) in [5.41, 5.74) is -0.690. The summed E-state index contributed by atoms with van der Waals surface area (Å²) in [6.07, 6.45) is 1.49. The van der Waals surface area contributed by atoms with Crippen LogP contribution in [0.2, 0.25) is 0 Å². The summed E-state index contributed by atoms with van der Waals surface area (Å²) in [5.74, 6) is 1.46. The van der Waals surface area contributed by atoms with Gasteiger partial charge in [0.15, 0.2) is 11.3 Å². The highest BCUT2D eigenvalue weighted by Crippen LogP contribution is 2.33. The van der Waals surface area contributed by atoms with Crippen molar-refractivity contribution in [1.82, 2.24) is 0 Å². The number of esters is 1. The zero-order valence-electron chi connectivity index (χ0n) is 18.2. The van der Waals surface area contributed by atoms with E-state index >= 15 is 0 Å². The first-order valence-electron chi connectivity index (χ1n) is 10.1. The van der Waals surface area contributed by atoms with Crippen LogP contribution in [-0.2, 0) is 9.53 Å². The molecule has 1 atom stereocenters. The zero-order chi connectivity index (χ0) is 21.6. The van der Waals surface area contributed by atoms with E-state index in [4.69, 9.17) is 18.6 Å². The smallest absolute Gasteiger partial charge is 0.340 e. The molecule has 0 aliphatic carbocycles. The van der Waals surface area contributed by atoms with Gasteiger partial charge in [-0.05, 0) is 44.2 Å². The van der Waals surface area contributed by atoms with Crippen LogP contribution in [-0.4, -0.2) is 26.3 Å². The van der Waals surface area contributed by atoms with Gasteiger partial charge < -0.3 is 18.6 Å². The van der Waals surface area contributed by atoms with Crippen LogP contribution in [0.5, 0.6) is 11.5 Å². The van der Waals surface area contributed by atoms with Gasteiger partial charge in [-0.2, -0.15) is 0 Å². The molecule has 0 fully saturated rings. The van der Waals surface area contributed by atoms with Gasteiger partial charge in [-0.3, -0.25) is 4.79 Å². The van der Waals surface area contributed by atoms with E-state index in [1.807, 2.05) is 13.8 Å². The molecule has 2 aromatic rings. The molecule has 0 saturated carbocycles. The summed E-state index contributed by atoms with van der Waals surface area (Å²) in [7, 11) is 1.51. The van der Waals surface area contributed by atoms with Crippen molar-refractivity contribution < 1.29 is 23.4 Å². The summed E-state index contributed by atoms with van der Waals surface area (Å²) in [4.78, 5) is 24.3. The van der Waals surface area contributed by atoms with E-state index in [-0.39, 0.29) is 18.5 Å². The lowest BCUT2D eigenvalue weighted by Crippen LogP contribution is -2.34. The average Bonchev–Trinajstić information content (AvgIpc) is 2.66. The first-order chi connectivity index (χ1) is 13.7. The van der Waals surface area contributed by atoms with E-state index in [1.165, 1.54) is 13.2 Å². The van der Waals surface area contributed by atoms with Crippen molar-refractivity contribution in [3.05, 3.63) is 34.7 Å². The largest absolute Gasteiger partial charge is 0.493 e. The Balaban J connectivity index is 1.91. The predicted octanol–water partition coefficient (Wildman–Crippen LogP) is 4.82. The van der Waals surface area contributed by atoms with Crippen LogP contribution in [0, 0.1) is 17.3 Å². The van der Waals surface area contributed by atoms with Crippen LogP contribution >= 0.6 is 0 Å². The average molecular weight is 405 g/mol. The van der Waals surface area contributed by atoms with Gasteiger partial charge in [0, 0.05) is 6.42 Å². The molecule has 1 aromatic heterocycles. The topological polar surface area (TPSA) is 75.0 Å². The van der Waals surface area contributed by atoms with Crippen molar-refractivity contribution in [2.75, 3.05) is 20.3 Å². The third-order valence-corrected chi connectivity index (χ3v) is 5.28. The number of ether oxygens (including phenoxy) is 3. The van der Waals surface area contributed by atoms with Gasteiger partial charge >= 0.3 is 11.6 Å². The minimum absolute atomic E-state index is 0.193. The number of benzene rings is 1. The predicted molar refractivity (Wildman–Crippen MR) is 113 cm³/mol. The van der Waals surface area contributed by atoms with E-state index in [0.717, 1.165) is 6.42 Å². The fourth-order valence-electron chi connectivity index (χ4n) is 3.20. The maximum atomic E-state index is 12.5. The molecule has 1 heterocycles. The summed E-state index contributed by atoms with van der Waals surface area (Å²) >= 11 is 0. The van der Waals surface area contributed by atoms with Crippen molar-refractivity contribution in [2.24, 2.45) is 17.3 Å². The quantitative estimate of drug-likeness (QED) is 0.321. The second-order valence-electron chi connectivity index (χ2n) is 8.36. The molecule has 0 N–H and O–H groups in total. The number of methoxy groups -OCH3 is 1. The van der Waals surface area contributed by atoms with Gasteiger partial charge in [0.1, 0.15) is 5.75 Å². The van der Waals surface area contributed by atoms with E-state index in [0.29, 0.717) is 41.4 Å². The molecule has 2 rings (SSSR count). The number of carbonyl (C=O) groups is 1. The molecule has 0 saturated heterocycles. The van der Waals surface area contributed by atoms with Gasteiger partial charge in [0.25, 0.3) is 0 Å². The number of para-hydroxylation sites is 1. The van der Waals surface area contributed by atoms with Gasteiger partial charge in [-0.25, -0.2) is 4.79 Å². The number of hydrogen-bond donors (Lipinski definition) is 0. The lowest BCUT2D eigenvalue weighted by molar-refractivity contribution is -0.157. The van der Waals surface area contributed by atoms with Crippen LogP contribution in [0.4, 0.5) is 0 Å². The molecule has 0 aliphatic heterocycles. The third kappa shape index (κ3) is 5.75. The molecule has 6 heteroatoms. The van der Waals surface area contributed by atoms with Gasteiger partial charge in [0.05, 0.1) is 37.2 Å². The molecule has 6 nitrogen and oxygen atoms in total. The Labute approximate surface area is 172 Å². The van der Waals surface area contributed by atoms with Crippen LogP contribution < -0.4 is 15.1 Å². The monoisotopic (exact) mass is 404 g/mol. The SMILES string of the molecule is COc1cccc2c(OCCCOC(=O)C(C)(C)C(C)CC(C)C)cc(=O)oc12. The van der Waals surface area contributed by atoms with Gasteiger partial charge in [-0.15, -0.1) is 0 Å². The molecule has 1 aromatic carbocycles. The highest BCUT2D eigenvalue weighted by atomic mass is 16.5. The first-order valence-corrected chi connectivity index (χ1v) is 10.1. The highest BCUT2D eigenvalue weighted by molar-refractivity contribution is 5.87. The van der Waals surface area contributed by atoms with E-state index in [1.54, 1.807) is 18.2 Å². The summed E-state index contributed by atoms with van der Waals surface area (Å²) in [6.45, 7) is 10.8. The Morgan fingerprint density at radius 2 is 1.86 bits per heavy atom. The Morgan fingerprint density at radius 1 is 1.14 bits per heavy atom. The molecule has 0 bridgehead atoms. The van der Waals surface area contributed by atoms with Crippen LogP contribution in [0.25, 0.3) is 11.0 Å². The Bertz CT molecular complexity index is 881. The molecule has 29 heavy (non-hydrogen) atoms. The first kappa shape index (κ1) is 22.8. The summed E-state index contributed by atoms with van der Waals surface area (Å²) < 4.78 is 21.7. The van der Waals surface area contributed by atoms with Gasteiger partial charge in [0.2, 0.25) is 0 Å². The lowest BCUT2D eigenvalue weighted by Gasteiger charge is -2.30. The van der Waals surface area contributed by atoms with Crippen LogP contribution in [0.3, 0.4) is 0 Å². The normalized spacial score (nSPS) is 12.8. The summed E-state index contributed by atoms with van der Waals surface area (Å²) in [5, 5.41) is 0.657. The standard InChI is InChI=1S/C23H32O6/c1-15(2)13-16(3)23(4,5)22(25)28-12-8-11-27-19-14-20(24)29-21-17(19)9-7-10-18(21)26-6/h7,9-10,14-16H,8,11-13H2,1-6H3. The zero-order valence-corrected chi connectivity index (χ0v) is 18.2. The van der Waals surface area contributed by atoms with E-state index in [9.17, 15) is 9.59 Å². The number of hydrogen-bond acceptors (Lipinski definition) is 6. The van der Waals surface area contributed by atoms with Crippen molar-refractivity contribution in [3.8, 4) is 11.5 Å². The lowest BCUT2D eigenvalue weighted by atomic mass is 9.76. The second kappa shape index (κ2) is 9.81. The van der Waals surface area contributed by atoms with Crippen molar-refractivity contribution in [2.45, 2.75) is 47.5 Å². The molecule has 160 valence electrons. The Hall–Kier alpha value is -2.50. The van der Waals surface area contributed by atoms with Gasteiger partial charge in [-0.1, -0.05) is 26.8 Å². The second-order valence-corrected chi connectivity index (χ2v) is 8.36. The minimum atomic E-state index is -0.531. The number of carbonyl (C=O) groups excluding carboxylic acids is 1. The molecule has 1 unspecified atom stereocenters. The maximum absolute atomic E-state index is 12.5. The van der Waals surface area contributed by atoms with Crippen LogP contribution in [0.1, 0.15) is 47.5 Å². The van der Waals surface area contributed by atoms with Crippen LogP contribution in [0.15, 0.2) is 33.5 Å². The Morgan fingerprint density at radius 3 is 2.52 bits per heavy atom. The minimum Gasteiger partial charge on any atom is -0.493 e. The number of rotatable bonds is 10. The molecule has 0 amide bonds. The van der Waals surface area contributed by atoms with Crippen molar-refractivity contribution >= 4 is 16.9 Å². The maximum Gasteiger partial charge on any atom is 0.340 e. The highest BCUT2D eigenvalue weighted by Gasteiger charge is 2.35. The third-order valence-electron chi connectivity index (χ3n) is 5.28. The molecule has 0 spiro atoms. The molecular weight excluding hydrogens is 372 g/mol. The number of fused-ring (bicyclic) bond motifs is 1. The molecule has 0 aliphatic rings. The Kier molecular flexibility index (Phi) is 7.71. The van der Waals surface area contributed by atoms with Crippen molar-refractivity contribution in [3.63, 3.8) is 0 Å². The van der Waals surface area contributed by atoms with E-state index in [2.05, 4.69) is 20.8 Å². The molecular formula is C23H32O6. The summed E-state index contributed by atoms with van der Waals surface area (Å²) in [6, 6.07) is 6.63. The molecule has 0 radical (unpaired) electrons. The van der Waals surface area contributed by atoms with E-state index < -0.39 is 11.0 Å².